The average Bonchev–Trinajstić information content (AvgIpc) is 3.02. The Balaban J connectivity index is 1.35. The number of ether oxygens (including phenoxy) is 1. The molecule has 42 heavy (non-hydrogen) atoms. The number of likely N-dealkylation sites (tertiary alicyclic amines) is 1. The number of sulfonamides is 1. The highest BCUT2D eigenvalue weighted by atomic mass is 35.5. The molecule has 0 spiro atoms. The van der Waals surface area contributed by atoms with Gasteiger partial charge in [-0.3, -0.25) is 0 Å². The number of carbonyl (C=O) groups is 1. The molecule has 1 aliphatic heterocycles. The van der Waals surface area contributed by atoms with E-state index in [1.165, 1.54) is 4.31 Å². The van der Waals surface area contributed by atoms with Crippen molar-refractivity contribution in [2.75, 3.05) is 46.4 Å². The number of carbonyl (C=O) groups excluding carboxylic acids is 1. The molecule has 1 saturated heterocycles. The van der Waals surface area contributed by atoms with Gasteiger partial charge in [0.05, 0.1) is 11.5 Å². The molecule has 0 aromatic heterocycles. The SMILES string of the molecule is CN(CC(CCN1CCC(N(CCO)C(=O)OCc2ccccc2)CC1)c1cccc(Cl)c1)S(=O)(=O)c1ccccc1. The van der Waals surface area contributed by atoms with Crippen molar-refractivity contribution in [3.8, 4) is 0 Å². The molecule has 3 aromatic rings. The van der Waals surface area contributed by atoms with Gasteiger partial charge in [0.1, 0.15) is 6.61 Å². The number of amides is 1. The first kappa shape index (κ1) is 32.0. The Kier molecular flexibility index (Phi) is 11.8. The topological polar surface area (TPSA) is 90.4 Å². The maximum atomic E-state index is 13.2. The van der Waals surface area contributed by atoms with E-state index in [9.17, 15) is 18.3 Å². The predicted molar refractivity (Wildman–Crippen MR) is 165 cm³/mol. The van der Waals surface area contributed by atoms with Crippen molar-refractivity contribution in [2.45, 2.75) is 42.7 Å². The summed E-state index contributed by atoms with van der Waals surface area (Å²) in [4.78, 5) is 17.2. The lowest BCUT2D eigenvalue weighted by molar-refractivity contribution is 0.0521. The zero-order valence-electron chi connectivity index (χ0n) is 24.0. The highest BCUT2D eigenvalue weighted by molar-refractivity contribution is 7.89. The Labute approximate surface area is 254 Å². The minimum Gasteiger partial charge on any atom is -0.445 e. The van der Waals surface area contributed by atoms with Crippen LogP contribution >= 0.6 is 11.6 Å². The molecule has 8 nitrogen and oxygen atoms in total. The van der Waals surface area contributed by atoms with Crippen molar-refractivity contribution in [3.05, 3.63) is 101 Å². The summed E-state index contributed by atoms with van der Waals surface area (Å²) in [6, 6.07) is 25.6. The van der Waals surface area contributed by atoms with Gasteiger partial charge < -0.3 is 19.6 Å². The molecule has 1 aliphatic rings. The summed E-state index contributed by atoms with van der Waals surface area (Å²) in [5.41, 5.74) is 1.92. The predicted octanol–water partition coefficient (Wildman–Crippen LogP) is 5.23. The van der Waals surface area contributed by atoms with Crippen LogP contribution in [-0.4, -0.2) is 86.1 Å². The van der Waals surface area contributed by atoms with E-state index in [1.807, 2.05) is 54.6 Å². The van der Waals surface area contributed by atoms with Crippen molar-refractivity contribution in [2.24, 2.45) is 0 Å². The molecular formula is C32H40ClN3O5S. The molecule has 1 heterocycles. The normalized spacial score (nSPS) is 15.4. The Morgan fingerprint density at radius 2 is 1.69 bits per heavy atom. The molecule has 1 atom stereocenters. The second kappa shape index (κ2) is 15.5. The Morgan fingerprint density at radius 1 is 1.02 bits per heavy atom. The van der Waals surface area contributed by atoms with Crippen LogP contribution in [0, 0.1) is 0 Å². The largest absolute Gasteiger partial charge is 0.445 e. The number of benzene rings is 3. The average molecular weight is 614 g/mol. The van der Waals surface area contributed by atoms with Crippen LogP contribution in [0.25, 0.3) is 0 Å². The van der Waals surface area contributed by atoms with E-state index >= 15 is 0 Å². The standard InChI is InChI=1S/C32H40ClN3O5S/c1-34(42(39,40)31-13-6-3-7-14-31)24-28(27-11-8-12-29(33)23-27)15-18-35-19-16-30(17-20-35)36(21-22-37)32(38)41-25-26-9-4-2-5-10-26/h2-14,23,28,30,37H,15-22,24-25H2,1H3. The van der Waals surface area contributed by atoms with Crippen molar-refractivity contribution < 1.29 is 23.1 Å². The van der Waals surface area contributed by atoms with E-state index < -0.39 is 16.1 Å². The Morgan fingerprint density at radius 3 is 2.33 bits per heavy atom. The number of likely N-dealkylation sites (N-methyl/N-ethyl adjacent to an activating group) is 1. The molecule has 0 aliphatic carbocycles. The second-order valence-electron chi connectivity index (χ2n) is 10.7. The number of halogens is 1. The lowest BCUT2D eigenvalue weighted by atomic mass is 9.94. The summed E-state index contributed by atoms with van der Waals surface area (Å²) in [5, 5.41) is 10.2. The third-order valence-electron chi connectivity index (χ3n) is 7.82. The number of aliphatic hydroxyl groups excluding tert-OH is 1. The first-order valence-electron chi connectivity index (χ1n) is 14.4. The zero-order valence-corrected chi connectivity index (χ0v) is 25.6. The van der Waals surface area contributed by atoms with Crippen molar-refractivity contribution in [1.82, 2.24) is 14.1 Å². The number of hydrogen-bond donors (Lipinski definition) is 1. The first-order chi connectivity index (χ1) is 20.3. The van der Waals surface area contributed by atoms with Gasteiger partial charge >= 0.3 is 6.09 Å². The van der Waals surface area contributed by atoms with Crippen LogP contribution in [0.4, 0.5) is 4.79 Å². The molecule has 3 aromatic carbocycles. The summed E-state index contributed by atoms with van der Waals surface area (Å²) in [7, 11) is -2.01. The van der Waals surface area contributed by atoms with Crippen LogP contribution in [0.15, 0.2) is 89.8 Å². The minimum atomic E-state index is -3.63. The summed E-state index contributed by atoms with van der Waals surface area (Å²) in [6.07, 6.45) is 1.88. The smallest absolute Gasteiger partial charge is 0.410 e. The first-order valence-corrected chi connectivity index (χ1v) is 16.2. The van der Waals surface area contributed by atoms with Gasteiger partial charge in [-0.1, -0.05) is 72.3 Å². The van der Waals surface area contributed by atoms with E-state index in [-0.39, 0.29) is 36.6 Å². The summed E-state index contributed by atoms with van der Waals surface area (Å²) < 4.78 is 33.5. The Hall–Kier alpha value is -2.95. The molecule has 10 heteroatoms. The maximum Gasteiger partial charge on any atom is 0.410 e. The fraction of sp³-hybridized carbons (Fsp3) is 0.406. The van der Waals surface area contributed by atoms with E-state index in [4.69, 9.17) is 16.3 Å². The number of aliphatic hydroxyl groups is 1. The van der Waals surface area contributed by atoms with Crippen LogP contribution in [0.1, 0.15) is 36.3 Å². The molecule has 4 rings (SSSR count). The molecule has 0 saturated carbocycles. The quantitative estimate of drug-likeness (QED) is 0.284. The zero-order chi connectivity index (χ0) is 30.0. The van der Waals surface area contributed by atoms with E-state index in [0.29, 0.717) is 11.6 Å². The van der Waals surface area contributed by atoms with Crippen LogP contribution in [0.3, 0.4) is 0 Å². The molecule has 0 radical (unpaired) electrons. The van der Waals surface area contributed by atoms with Gasteiger partial charge in [0.2, 0.25) is 10.0 Å². The van der Waals surface area contributed by atoms with Gasteiger partial charge in [-0.15, -0.1) is 0 Å². The molecule has 226 valence electrons. The van der Waals surface area contributed by atoms with Gasteiger partial charge in [0.25, 0.3) is 0 Å². The van der Waals surface area contributed by atoms with Crippen molar-refractivity contribution in [3.63, 3.8) is 0 Å². The maximum absolute atomic E-state index is 13.2. The van der Waals surface area contributed by atoms with Crippen LogP contribution < -0.4 is 0 Å². The lowest BCUT2D eigenvalue weighted by Gasteiger charge is -2.38. The summed E-state index contributed by atoms with van der Waals surface area (Å²) in [5.74, 6) is -0.0521. The van der Waals surface area contributed by atoms with Gasteiger partial charge in [-0.05, 0) is 67.1 Å². The third-order valence-corrected chi connectivity index (χ3v) is 9.89. The van der Waals surface area contributed by atoms with Crippen LogP contribution in [0.2, 0.25) is 5.02 Å². The number of nitrogens with zero attached hydrogens (tertiary/aromatic N) is 3. The molecule has 1 fully saturated rings. The highest BCUT2D eigenvalue weighted by Gasteiger charge is 2.30. The molecular weight excluding hydrogens is 574 g/mol. The summed E-state index contributed by atoms with van der Waals surface area (Å²) >= 11 is 6.31. The van der Waals surface area contributed by atoms with E-state index in [1.54, 1.807) is 42.3 Å². The van der Waals surface area contributed by atoms with Gasteiger partial charge in [-0.25, -0.2) is 17.5 Å². The van der Waals surface area contributed by atoms with Gasteiger partial charge in [-0.2, -0.15) is 0 Å². The molecule has 1 N–H and O–H groups in total. The third kappa shape index (κ3) is 8.78. The monoisotopic (exact) mass is 613 g/mol. The van der Waals surface area contributed by atoms with E-state index in [0.717, 1.165) is 50.0 Å². The minimum absolute atomic E-state index is 0.0115. The Bertz CT molecular complexity index is 1370. The molecule has 1 amide bonds. The highest BCUT2D eigenvalue weighted by Crippen LogP contribution is 2.27. The fourth-order valence-corrected chi connectivity index (χ4v) is 6.87. The number of rotatable bonds is 13. The van der Waals surface area contributed by atoms with Gasteiger partial charge in [0, 0.05) is 44.3 Å². The van der Waals surface area contributed by atoms with Crippen LogP contribution in [-0.2, 0) is 21.4 Å². The van der Waals surface area contributed by atoms with Crippen molar-refractivity contribution in [1.29, 1.82) is 0 Å². The summed E-state index contributed by atoms with van der Waals surface area (Å²) in [6.45, 7) is 2.99. The molecule has 0 bridgehead atoms. The van der Waals surface area contributed by atoms with Crippen molar-refractivity contribution >= 4 is 27.7 Å². The molecule has 1 unspecified atom stereocenters. The number of piperidine rings is 1. The lowest BCUT2D eigenvalue weighted by Crippen LogP contribution is -2.48. The van der Waals surface area contributed by atoms with Gasteiger partial charge in [0.15, 0.2) is 0 Å². The fourth-order valence-electron chi connectivity index (χ4n) is 5.43. The van der Waals surface area contributed by atoms with E-state index in [2.05, 4.69) is 4.90 Å². The second-order valence-corrected chi connectivity index (χ2v) is 13.2. The number of hydrogen-bond acceptors (Lipinski definition) is 6. The van der Waals surface area contributed by atoms with Crippen LogP contribution in [0.5, 0.6) is 0 Å².